The maximum absolute atomic E-state index is 13.3. The fourth-order valence-corrected chi connectivity index (χ4v) is 5.14. The number of carbonyl (C=O) groups is 1. The highest BCUT2D eigenvalue weighted by atomic mass is 32.1. The number of rotatable bonds is 8. The van der Waals surface area contributed by atoms with Gasteiger partial charge in [0.1, 0.15) is 12.3 Å². The van der Waals surface area contributed by atoms with Crippen LogP contribution in [-0.2, 0) is 13.0 Å². The van der Waals surface area contributed by atoms with E-state index in [1.807, 2.05) is 42.5 Å². The highest BCUT2D eigenvalue weighted by Crippen LogP contribution is 2.25. The van der Waals surface area contributed by atoms with Crippen molar-refractivity contribution in [3.63, 3.8) is 0 Å². The normalized spacial score (nSPS) is 11.3. The van der Waals surface area contributed by atoms with Crippen LogP contribution in [-0.4, -0.2) is 37.2 Å². The highest BCUT2D eigenvalue weighted by Gasteiger charge is 2.18. The Balaban J connectivity index is 1.23. The van der Waals surface area contributed by atoms with Crippen molar-refractivity contribution in [3.05, 3.63) is 95.8 Å². The first-order valence-electron chi connectivity index (χ1n) is 11.7. The third kappa shape index (κ3) is 4.48. The Morgan fingerprint density at radius 1 is 1.06 bits per heavy atom. The molecule has 0 atom stereocenters. The zero-order chi connectivity index (χ0) is 24.3. The lowest BCUT2D eigenvalue weighted by atomic mass is 10.1. The number of hydrogen-bond acceptors (Lipinski definition) is 7. The minimum absolute atomic E-state index is 0.158. The summed E-state index contributed by atoms with van der Waals surface area (Å²) in [4.78, 5) is 27.0. The summed E-state index contributed by atoms with van der Waals surface area (Å²) < 4.78 is 8.42. The molecule has 36 heavy (non-hydrogen) atoms. The Hall–Kier alpha value is -4.37. The van der Waals surface area contributed by atoms with Gasteiger partial charge in [-0.05, 0) is 48.9 Å². The van der Waals surface area contributed by atoms with Gasteiger partial charge in [0.25, 0.3) is 5.91 Å². The van der Waals surface area contributed by atoms with Gasteiger partial charge in [-0.2, -0.15) is 5.10 Å². The monoisotopic (exact) mass is 494 g/mol. The van der Waals surface area contributed by atoms with Crippen molar-refractivity contribution >= 4 is 38.5 Å². The molecule has 6 rings (SSSR count). The standard InChI is InChI=1S/C27H22N6O2S/c34-27(29-12-4-10-25-31-22-8-1-2-9-24(22)36-25)20-14-23(18-6-3-11-28-15-18)32-26-21(20)16-30-33(26)17-19-7-5-13-35-19/h1-3,5-9,11,13-16H,4,10,12,17H2,(H,29,34). The molecule has 0 aliphatic rings. The Labute approximate surface area is 210 Å². The van der Waals surface area contributed by atoms with Gasteiger partial charge in [0.05, 0.1) is 44.3 Å². The number of benzene rings is 1. The molecular weight excluding hydrogens is 472 g/mol. The van der Waals surface area contributed by atoms with Crippen LogP contribution in [0.2, 0.25) is 0 Å². The molecule has 0 saturated heterocycles. The smallest absolute Gasteiger partial charge is 0.252 e. The second-order valence-electron chi connectivity index (χ2n) is 8.35. The van der Waals surface area contributed by atoms with Crippen molar-refractivity contribution in [2.75, 3.05) is 6.54 Å². The summed E-state index contributed by atoms with van der Waals surface area (Å²) in [5.41, 5.74) is 3.67. The molecule has 0 aliphatic heterocycles. The van der Waals surface area contributed by atoms with Crippen molar-refractivity contribution in [1.29, 1.82) is 0 Å². The van der Waals surface area contributed by atoms with Gasteiger partial charge in [-0.15, -0.1) is 11.3 Å². The zero-order valence-electron chi connectivity index (χ0n) is 19.3. The largest absolute Gasteiger partial charge is 0.467 e. The van der Waals surface area contributed by atoms with E-state index in [9.17, 15) is 4.79 Å². The third-order valence-corrected chi connectivity index (χ3v) is 6.98. The van der Waals surface area contributed by atoms with E-state index in [-0.39, 0.29) is 5.91 Å². The first kappa shape index (κ1) is 22.1. The SMILES string of the molecule is O=C(NCCCc1nc2ccccc2s1)c1cc(-c2cccnc2)nc2c1cnn2Cc1ccco1. The van der Waals surface area contributed by atoms with Crippen LogP contribution in [0.1, 0.15) is 27.5 Å². The molecule has 178 valence electrons. The predicted octanol–water partition coefficient (Wildman–Crippen LogP) is 5.11. The van der Waals surface area contributed by atoms with E-state index in [0.717, 1.165) is 34.7 Å². The fraction of sp³-hybridized carbons (Fsp3) is 0.148. The van der Waals surface area contributed by atoms with Crippen LogP contribution in [0.4, 0.5) is 0 Å². The summed E-state index contributed by atoms with van der Waals surface area (Å²) in [6, 6.07) is 17.4. The summed E-state index contributed by atoms with van der Waals surface area (Å²) in [6.45, 7) is 0.963. The van der Waals surface area contributed by atoms with Crippen molar-refractivity contribution in [1.82, 2.24) is 30.0 Å². The lowest BCUT2D eigenvalue weighted by Gasteiger charge is -2.09. The number of nitrogens with zero attached hydrogens (tertiary/aromatic N) is 5. The Morgan fingerprint density at radius 2 is 2.00 bits per heavy atom. The Morgan fingerprint density at radius 3 is 2.83 bits per heavy atom. The van der Waals surface area contributed by atoms with Crippen molar-refractivity contribution < 1.29 is 9.21 Å². The molecule has 0 aliphatic carbocycles. The van der Waals surface area contributed by atoms with Crippen LogP contribution in [0.15, 0.2) is 83.9 Å². The molecule has 0 spiro atoms. The van der Waals surface area contributed by atoms with Gasteiger partial charge in [-0.25, -0.2) is 14.6 Å². The maximum Gasteiger partial charge on any atom is 0.252 e. The molecule has 0 saturated carbocycles. The van der Waals surface area contributed by atoms with Crippen molar-refractivity contribution in [3.8, 4) is 11.3 Å². The molecule has 1 amide bonds. The summed E-state index contributed by atoms with van der Waals surface area (Å²) >= 11 is 1.70. The average Bonchev–Trinajstić information content (AvgIpc) is 3.67. The second kappa shape index (κ2) is 9.71. The van der Waals surface area contributed by atoms with Gasteiger partial charge < -0.3 is 9.73 Å². The number of nitrogens with one attached hydrogen (secondary N) is 1. The molecule has 0 bridgehead atoms. The third-order valence-electron chi connectivity index (χ3n) is 5.89. The van der Waals surface area contributed by atoms with Crippen LogP contribution in [0.5, 0.6) is 0 Å². The van der Waals surface area contributed by atoms with E-state index in [1.54, 1.807) is 46.9 Å². The predicted molar refractivity (Wildman–Crippen MR) is 139 cm³/mol. The van der Waals surface area contributed by atoms with E-state index < -0.39 is 0 Å². The summed E-state index contributed by atoms with van der Waals surface area (Å²) in [5, 5.41) is 9.34. The molecule has 1 N–H and O–H groups in total. The minimum Gasteiger partial charge on any atom is -0.467 e. The summed E-state index contributed by atoms with van der Waals surface area (Å²) in [5.74, 6) is 0.601. The van der Waals surface area contributed by atoms with Gasteiger partial charge in [0.15, 0.2) is 5.65 Å². The number of pyridine rings is 2. The Bertz CT molecular complexity index is 1610. The lowest BCUT2D eigenvalue weighted by Crippen LogP contribution is -2.25. The molecule has 8 nitrogen and oxygen atoms in total. The zero-order valence-corrected chi connectivity index (χ0v) is 20.1. The topological polar surface area (TPSA) is 98.7 Å². The van der Waals surface area contributed by atoms with Gasteiger partial charge in [-0.1, -0.05) is 12.1 Å². The first-order valence-corrected chi connectivity index (χ1v) is 12.5. The molecule has 0 fully saturated rings. The quantitative estimate of drug-likeness (QED) is 0.295. The van der Waals surface area contributed by atoms with Crippen LogP contribution < -0.4 is 5.32 Å². The molecule has 6 aromatic rings. The van der Waals surface area contributed by atoms with Crippen LogP contribution in [0.3, 0.4) is 0 Å². The number of aromatic nitrogens is 5. The molecule has 0 unspecified atom stereocenters. The van der Waals surface area contributed by atoms with E-state index in [4.69, 9.17) is 9.40 Å². The van der Waals surface area contributed by atoms with Gasteiger partial charge in [0, 0.05) is 30.9 Å². The number of carbonyl (C=O) groups excluding carboxylic acids is 1. The lowest BCUT2D eigenvalue weighted by molar-refractivity contribution is 0.0955. The number of furan rings is 1. The van der Waals surface area contributed by atoms with E-state index >= 15 is 0 Å². The molecule has 5 heterocycles. The number of para-hydroxylation sites is 1. The van der Waals surface area contributed by atoms with Crippen molar-refractivity contribution in [2.24, 2.45) is 0 Å². The second-order valence-corrected chi connectivity index (χ2v) is 9.47. The van der Waals surface area contributed by atoms with E-state index in [1.165, 1.54) is 4.70 Å². The molecule has 9 heteroatoms. The molecule has 1 aromatic carbocycles. The highest BCUT2D eigenvalue weighted by molar-refractivity contribution is 7.18. The van der Waals surface area contributed by atoms with Crippen LogP contribution >= 0.6 is 11.3 Å². The number of fused-ring (bicyclic) bond motifs is 2. The van der Waals surface area contributed by atoms with Crippen LogP contribution in [0, 0.1) is 0 Å². The minimum atomic E-state index is -0.158. The fourth-order valence-electron chi connectivity index (χ4n) is 4.13. The number of aryl methyl sites for hydroxylation is 1. The molecule has 5 aromatic heterocycles. The van der Waals surface area contributed by atoms with E-state index in [2.05, 4.69) is 26.4 Å². The molecule has 0 radical (unpaired) electrons. The Kier molecular flexibility index (Phi) is 5.96. The maximum atomic E-state index is 13.3. The summed E-state index contributed by atoms with van der Waals surface area (Å²) in [7, 11) is 0. The first-order chi connectivity index (χ1) is 17.7. The number of amides is 1. The van der Waals surface area contributed by atoms with Gasteiger partial charge in [-0.3, -0.25) is 9.78 Å². The number of hydrogen-bond donors (Lipinski definition) is 1. The van der Waals surface area contributed by atoms with Gasteiger partial charge >= 0.3 is 0 Å². The van der Waals surface area contributed by atoms with Crippen LogP contribution in [0.25, 0.3) is 32.5 Å². The summed E-state index contributed by atoms with van der Waals surface area (Å²) in [6.07, 6.45) is 8.38. The van der Waals surface area contributed by atoms with Gasteiger partial charge in [0.2, 0.25) is 0 Å². The number of thiazole rings is 1. The molecular formula is C27H22N6O2S. The van der Waals surface area contributed by atoms with E-state index in [0.29, 0.717) is 35.4 Å². The van der Waals surface area contributed by atoms with Crippen molar-refractivity contribution in [2.45, 2.75) is 19.4 Å². The average molecular weight is 495 g/mol.